The number of aliphatic hydroxyl groups is 1. The molecule has 2 aromatic rings. The number of benzene rings is 2. The molecule has 0 radical (unpaired) electrons. The number of hydrogen-bond donors (Lipinski definition) is 3. The first-order valence-electron chi connectivity index (χ1n) is 16.4. The number of carbonyl (C=O) groups is 4. The molecule has 1 heterocycles. The van der Waals surface area contributed by atoms with Crippen LogP contribution in [0.1, 0.15) is 68.1 Å². The Kier molecular flexibility index (Phi) is 16.3. The van der Waals surface area contributed by atoms with Crippen molar-refractivity contribution in [1.82, 2.24) is 15.5 Å². The highest BCUT2D eigenvalue weighted by atomic mass is 16.5. The third-order valence-corrected chi connectivity index (χ3v) is 8.17. The van der Waals surface area contributed by atoms with Gasteiger partial charge in [0.2, 0.25) is 11.8 Å². The van der Waals surface area contributed by atoms with E-state index in [1.165, 1.54) is 0 Å². The highest BCUT2D eigenvalue weighted by Crippen LogP contribution is 2.25. The molecule has 2 aromatic carbocycles. The van der Waals surface area contributed by atoms with E-state index in [-0.39, 0.29) is 62.9 Å². The molecule has 3 atom stereocenters. The first-order chi connectivity index (χ1) is 22.8. The zero-order valence-corrected chi connectivity index (χ0v) is 27.2. The molecule has 10 heteroatoms. The monoisotopic (exact) mass is 647 g/mol. The van der Waals surface area contributed by atoms with E-state index in [0.717, 1.165) is 16.7 Å². The van der Waals surface area contributed by atoms with Crippen LogP contribution in [0.4, 0.5) is 4.79 Å². The van der Waals surface area contributed by atoms with Gasteiger partial charge in [0.05, 0.1) is 24.6 Å². The number of esters is 1. The smallest absolute Gasteiger partial charge is 0.407 e. The number of nitrogens with zero attached hydrogens (tertiary/aromatic N) is 1. The third-order valence-electron chi connectivity index (χ3n) is 8.17. The number of fused-ring (bicyclic) bond motifs is 1. The molecule has 0 saturated carbocycles. The maximum atomic E-state index is 13.5. The molecular weight excluding hydrogens is 598 g/mol. The molecule has 10 nitrogen and oxygen atoms in total. The van der Waals surface area contributed by atoms with Gasteiger partial charge in [-0.2, -0.15) is 0 Å². The molecule has 254 valence electrons. The summed E-state index contributed by atoms with van der Waals surface area (Å²) in [7, 11) is 0. The molecule has 47 heavy (non-hydrogen) atoms. The van der Waals surface area contributed by atoms with E-state index in [0.29, 0.717) is 51.6 Å². The molecule has 3 amide bonds. The Balaban J connectivity index is 1.54. The average Bonchev–Trinajstić information content (AvgIpc) is 3.09. The van der Waals surface area contributed by atoms with Gasteiger partial charge in [0.25, 0.3) is 0 Å². The van der Waals surface area contributed by atoms with Crippen LogP contribution in [0, 0.1) is 5.92 Å². The molecule has 3 N–H and O–H groups in total. The van der Waals surface area contributed by atoms with Gasteiger partial charge >= 0.3 is 12.1 Å². The minimum Gasteiger partial charge on any atom is -0.463 e. The van der Waals surface area contributed by atoms with Gasteiger partial charge in [-0.1, -0.05) is 66.7 Å². The fraction of sp³-hybridized carbons (Fsp3) is 0.459. The van der Waals surface area contributed by atoms with E-state index in [9.17, 15) is 24.3 Å². The summed E-state index contributed by atoms with van der Waals surface area (Å²) in [5, 5.41) is 15.8. The normalized spacial score (nSPS) is 15.0. The Morgan fingerprint density at radius 2 is 1.70 bits per heavy atom. The van der Waals surface area contributed by atoms with Crippen LogP contribution in [-0.2, 0) is 43.4 Å². The third kappa shape index (κ3) is 13.1. The lowest BCUT2D eigenvalue weighted by Gasteiger charge is -2.36. The number of alkyl carbamates (subject to hydrolysis) is 1. The van der Waals surface area contributed by atoms with E-state index in [2.05, 4.69) is 23.8 Å². The van der Waals surface area contributed by atoms with Crippen molar-refractivity contribution in [3.05, 3.63) is 96.6 Å². The summed E-state index contributed by atoms with van der Waals surface area (Å²) in [6, 6.07) is 16.4. The molecule has 0 bridgehead atoms. The summed E-state index contributed by atoms with van der Waals surface area (Å²) < 4.78 is 10.7. The summed E-state index contributed by atoms with van der Waals surface area (Å²) in [5.74, 6) is -1.57. The van der Waals surface area contributed by atoms with Gasteiger partial charge in [0.15, 0.2) is 0 Å². The van der Waals surface area contributed by atoms with Crippen molar-refractivity contribution >= 4 is 23.9 Å². The first-order valence-corrected chi connectivity index (χ1v) is 16.4. The maximum absolute atomic E-state index is 13.5. The molecule has 0 fully saturated rings. The quantitative estimate of drug-likeness (QED) is 0.105. The molecule has 3 rings (SSSR count). The molecule has 0 unspecified atom stereocenters. The summed E-state index contributed by atoms with van der Waals surface area (Å²) in [5.41, 5.74) is 3.03. The van der Waals surface area contributed by atoms with Crippen LogP contribution in [0.15, 0.2) is 79.9 Å². The second-order valence-corrected chi connectivity index (χ2v) is 11.8. The topological polar surface area (TPSA) is 134 Å². The minimum atomic E-state index is -0.677. The zero-order valence-electron chi connectivity index (χ0n) is 27.2. The molecule has 0 aromatic heterocycles. The molecule has 0 spiro atoms. The number of ether oxygens (including phenoxy) is 2. The standard InChI is InChI=1S/C37H49N3O7/c1-3-5-7-20-35(43)46-27-32(19-12-13-21-38-37(45)47-26-28-15-8-6-9-16-28)39-36(44)30(14-4-2)23-34(42)40-24-31-18-11-10-17-29(31)22-33(40)25-41/h3-4,6,8-11,15-18,30,32-33,41H,1-2,5,7,12-14,19-27H2,(H,38,45)(H,39,44)/t30-,32-,33-/m0/s1. The Labute approximate surface area is 278 Å². The lowest BCUT2D eigenvalue weighted by molar-refractivity contribution is -0.145. The van der Waals surface area contributed by atoms with Crippen molar-refractivity contribution in [2.24, 2.45) is 5.92 Å². The fourth-order valence-electron chi connectivity index (χ4n) is 5.51. The van der Waals surface area contributed by atoms with Crippen molar-refractivity contribution in [2.75, 3.05) is 19.8 Å². The molecular formula is C37H49N3O7. The van der Waals surface area contributed by atoms with Gasteiger partial charge in [-0.3, -0.25) is 14.4 Å². The lowest BCUT2D eigenvalue weighted by Crippen LogP contribution is -2.48. The van der Waals surface area contributed by atoms with Gasteiger partial charge in [0.1, 0.15) is 13.2 Å². The number of nitrogens with one attached hydrogen (secondary N) is 2. The Morgan fingerprint density at radius 3 is 2.43 bits per heavy atom. The van der Waals surface area contributed by atoms with Gasteiger partial charge < -0.3 is 30.1 Å². The molecule has 0 aliphatic carbocycles. The van der Waals surface area contributed by atoms with E-state index in [1.54, 1.807) is 17.1 Å². The second kappa shape index (κ2) is 20.6. The Bertz CT molecular complexity index is 1320. The Morgan fingerprint density at radius 1 is 0.957 bits per heavy atom. The maximum Gasteiger partial charge on any atom is 0.407 e. The number of rotatable bonds is 20. The largest absolute Gasteiger partial charge is 0.463 e. The van der Waals surface area contributed by atoms with E-state index in [4.69, 9.17) is 9.47 Å². The molecule has 0 saturated heterocycles. The SMILES string of the molecule is C=CCCCC(=O)OC[C@H](CCCCNC(=O)OCc1ccccc1)NC(=O)[C@@H](CC=C)CC(=O)N1Cc2ccccc2C[C@H]1CO. The highest BCUT2D eigenvalue weighted by molar-refractivity contribution is 5.86. The summed E-state index contributed by atoms with van der Waals surface area (Å²) >= 11 is 0. The number of allylic oxidation sites excluding steroid dienone is 2. The number of amides is 3. The molecule has 1 aliphatic rings. The highest BCUT2D eigenvalue weighted by Gasteiger charge is 2.32. The van der Waals surface area contributed by atoms with Gasteiger partial charge in [-0.25, -0.2) is 4.79 Å². The number of aliphatic hydroxyl groups excluding tert-OH is 1. The number of unbranched alkanes of at least 4 members (excludes halogenated alkanes) is 2. The van der Waals surface area contributed by atoms with Gasteiger partial charge in [0, 0.05) is 25.9 Å². The van der Waals surface area contributed by atoms with Gasteiger partial charge in [-0.05, 0) is 61.6 Å². The van der Waals surface area contributed by atoms with Crippen LogP contribution in [0.25, 0.3) is 0 Å². The van der Waals surface area contributed by atoms with Crippen LogP contribution in [0.3, 0.4) is 0 Å². The fourth-order valence-corrected chi connectivity index (χ4v) is 5.51. The predicted molar refractivity (Wildman–Crippen MR) is 180 cm³/mol. The van der Waals surface area contributed by atoms with Crippen molar-refractivity contribution in [3.63, 3.8) is 0 Å². The van der Waals surface area contributed by atoms with Crippen LogP contribution >= 0.6 is 0 Å². The first kappa shape index (κ1) is 37.0. The van der Waals surface area contributed by atoms with E-state index >= 15 is 0 Å². The predicted octanol–water partition coefficient (Wildman–Crippen LogP) is 5.00. The van der Waals surface area contributed by atoms with Gasteiger partial charge in [-0.15, -0.1) is 13.2 Å². The minimum absolute atomic E-state index is 0.00450. The van der Waals surface area contributed by atoms with Crippen molar-refractivity contribution < 1.29 is 33.8 Å². The zero-order chi connectivity index (χ0) is 33.9. The van der Waals surface area contributed by atoms with Crippen LogP contribution in [0.2, 0.25) is 0 Å². The lowest BCUT2D eigenvalue weighted by atomic mass is 9.92. The number of carbonyl (C=O) groups excluding carboxylic acids is 4. The van der Waals surface area contributed by atoms with Crippen molar-refractivity contribution in [2.45, 2.75) is 83.0 Å². The number of hydrogen-bond acceptors (Lipinski definition) is 7. The summed E-state index contributed by atoms with van der Waals surface area (Å²) in [4.78, 5) is 53.1. The Hall–Kier alpha value is -4.44. The summed E-state index contributed by atoms with van der Waals surface area (Å²) in [6.07, 6.45) is 6.98. The molecule has 1 aliphatic heterocycles. The second-order valence-electron chi connectivity index (χ2n) is 11.8. The van der Waals surface area contributed by atoms with E-state index in [1.807, 2.05) is 54.6 Å². The average molecular weight is 648 g/mol. The van der Waals surface area contributed by atoms with Crippen LogP contribution < -0.4 is 10.6 Å². The van der Waals surface area contributed by atoms with Crippen LogP contribution in [0.5, 0.6) is 0 Å². The summed E-state index contributed by atoms with van der Waals surface area (Å²) in [6.45, 7) is 8.22. The van der Waals surface area contributed by atoms with Crippen LogP contribution in [-0.4, -0.2) is 65.7 Å². The van der Waals surface area contributed by atoms with E-state index < -0.39 is 18.1 Å². The van der Waals surface area contributed by atoms with Crippen molar-refractivity contribution in [3.8, 4) is 0 Å². The van der Waals surface area contributed by atoms with Crippen molar-refractivity contribution in [1.29, 1.82) is 0 Å².